The molecule has 2 N–H and O–H groups in total. The van der Waals surface area contributed by atoms with Gasteiger partial charge in [-0.1, -0.05) is 6.07 Å². The number of methoxy groups -OCH3 is 1. The van der Waals surface area contributed by atoms with Crippen LogP contribution in [-0.4, -0.2) is 24.1 Å². The van der Waals surface area contributed by atoms with E-state index >= 15 is 0 Å². The third-order valence-corrected chi connectivity index (χ3v) is 2.42. The average Bonchev–Trinajstić information content (AvgIpc) is 2.26. The van der Waals surface area contributed by atoms with Crippen LogP contribution in [0.2, 0.25) is 0 Å². The van der Waals surface area contributed by atoms with Crippen molar-refractivity contribution in [1.29, 1.82) is 0 Å². The Balaban J connectivity index is 2.90. The number of hydrogen-bond acceptors (Lipinski definition) is 3. The van der Waals surface area contributed by atoms with Gasteiger partial charge in [-0.15, -0.1) is 0 Å². The molecule has 1 rings (SSSR count). The fourth-order valence-corrected chi connectivity index (χ4v) is 1.61. The van der Waals surface area contributed by atoms with E-state index < -0.39 is 11.9 Å². The molecule has 0 saturated heterocycles. The number of ether oxygens (including phenoxy) is 1. The summed E-state index contributed by atoms with van der Waals surface area (Å²) < 4.78 is 5.20. The van der Waals surface area contributed by atoms with E-state index in [9.17, 15) is 9.59 Å². The second kappa shape index (κ2) is 5.34. The molecule has 0 unspecified atom stereocenters. The fraction of sp³-hybridized carbons (Fsp3) is 0.333. The summed E-state index contributed by atoms with van der Waals surface area (Å²) in [5.41, 5.74) is 2.79. The predicted molar refractivity (Wildman–Crippen MR) is 62.0 cm³/mol. The number of benzene rings is 1. The van der Waals surface area contributed by atoms with Crippen LogP contribution in [0.25, 0.3) is 0 Å². The summed E-state index contributed by atoms with van der Waals surface area (Å²) in [7, 11) is 1.54. The number of carbonyl (C=O) groups excluding carboxylic acids is 1. The Labute approximate surface area is 99.4 Å². The minimum absolute atomic E-state index is 0.139. The van der Waals surface area contributed by atoms with E-state index in [-0.39, 0.29) is 6.54 Å². The topological polar surface area (TPSA) is 75.6 Å². The zero-order valence-corrected chi connectivity index (χ0v) is 10.0. The van der Waals surface area contributed by atoms with Gasteiger partial charge in [-0.25, -0.2) is 4.79 Å². The summed E-state index contributed by atoms with van der Waals surface area (Å²) in [5, 5.41) is 10.8. The number of carboxylic acids is 1. The van der Waals surface area contributed by atoms with Crippen molar-refractivity contribution in [3.05, 3.63) is 28.8 Å². The van der Waals surface area contributed by atoms with Gasteiger partial charge in [0.15, 0.2) is 0 Å². The lowest BCUT2D eigenvalue weighted by atomic mass is 10.0. The Bertz CT molecular complexity index is 454. The first-order chi connectivity index (χ1) is 7.95. The van der Waals surface area contributed by atoms with E-state index in [4.69, 9.17) is 9.84 Å². The summed E-state index contributed by atoms with van der Waals surface area (Å²) in [5.74, 6) is -1.87. The monoisotopic (exact) mass is 237 g/mol. The Hall–Kier alpha value is -2.04. The number of amides is 1. The van der Waals surface area contributed by atoms with Gasteiger partial charge >= 0.3 is 11.9 Å². The van der Waals surface area contributed by atoms with Gasteiger partial charge in [-0.05, 0) is 31.0 Å². The standard InChI is InChI=1S/C12H15NO4/c1-7-4-8(2)9(10(5-7)17-3)6-13-11(14)12(15)16/h4-5H,6H2,1-3H3,(H,13,14)(H,15,16). The average molecular weight is 237 g/mol. The molecule has 0 aliphatic heterocycles. The lowest BCUT2D eigenvalue weighted by Gasteiger charge is -2.13. The van der Waals surface area contributed by atoms with Gasteiger partial charge in [0, 0.05) is 12.1 Å². The fourth-order valence-electron chi connectivity index (χ4n) is 1.61. The van der Waals surface area contributed by atoms with Gasteiger partial charge < -0.3 is 15.2 Å². The number of carbonyl (C=O) groups is 2. The molecule has 0 bridgehead atoms. The molecular formula is C12H15NO4. The summed E-state index contributed by atoms with van der Waals surface area (Å²) >= 11 is 0. The maximum atomic E-state index is 10.9. The molecule has 0 aliphatic rings. The molecule has 0 atom stereocenters. The van der Waals surface area contributed by atoms with Crippen molar-refractivity contribution >= 4 is 11.9 Å². The zero-order valence-electron chi connectivity index (χ0n) is 10.0. The SMILES string of the molecule is COc1cc(C)cc(C)c1CNC(=O)C(=O)O. The van der Waals surface area contributed by atoms with E-state index in [0.29, 0.717) is 5.75 Å². The van der Waals surface area contributed by atoms with Crippen molar-refractivity contribution in [2.24, 2.45) is 0 Å². The molecule has 0 spiro atoms. The van der Waals surface area contributed by atoms with Gasteiger partial charge in [0.05, 0.1) is 7.11 Å². The minimum Gasteiger partial charge on any atom is -0.496 e. The number of aryl methyl sites for hydroxylation is 2. The van der Waals surface area contributed by atoms with Crippen LogP contribution in [0.3, 0.4) is 0 Å². The van der Waals surface area contributed by atoms with Crippen molar-refractivity contribution in [3.8, 4) is 5.75 Å². The van der Waals surface area contributed by atoms with E-state index in [1.807, 2.05) is 26.0 Å². The largest absolute Gasteiger partial charge is 0.496 e. The molecule has 1 amide bonds. The number of hydrogen-bond donors (Lipinski definition) is 2. The zero-order chi connectivity index (χ0) is 13.0. The van der Waals surface area contributed by atoms with E-state index in [2.05, 4.69) is 5.32 Å². The smallest absolute Gasteiger partial charge is 0.394 e. The Kier molecular flexibility index (Phi) is 4.09. The van der Waals surface area contributed by atoms with Crippen LogP contribution in [-0.2, 0) is 16.1 Å². The molecular weight excluding hydrogens is 222 g/mol. The molecule has 0 fully saturated rings. The first kappa shape index (κ1) is 13.0. The van der Waals surface area contributed by atoms with Gasteiger partial charge in [0.1, 0.15) is 5.75 Å². The molecule has 1 aromatic carbocycles. The Morgan fingerprint density at radius 3 is 2.53 bits per heavy atom. The van der Waals surface area contributed by atoms with Crippen LogP contribution in [0.1, 0.15) is 16.7 Å². The van der Waals surface area contributed by atoms with Gasteiger partial charge in [-0.2, -0.15) is 0 Å². The summed E-state index contributed by atoms with van der Waals surface area (Å²) in [6, 6.07) is 3.79. The summed E-state index contributed by atoms with van der Waals surface area (Å²) in [6.07, 6.45) is 0. The van der Waals surface area contributed by atoms with Crippen molar-refractivity contribution in [3.63, 3.8) is 0 Å². The highest BCUT2D eigenvalue weighted by molar-refractivity contribution is 6.31. The highest BCUT2D eigenvalue weighted by Crippen LogP contribution is 2.23. The number of carboxylic acid groups (broad SMARTS) is 1. The van der Waals surface area contributed by atoms with Gasteiger partial charge in [-0.3, -0.25) is 4.79 Å². The van der Waals surface area contributed by atoms with Crippen molar-refractivity contribution < 1.29 is 19.4 Å². The van der Waals surface area contributed by atoms with Crippen LogP contribution in [0.5, 0.6) is 5.75 Å². The molecule has 92 valence electrons. The first-order valence-electron chi connectivity index (χ1n) is 5.11. The highest BCUT2D eigenvalue weighted by atomic mass is 16.5. The quantitative estimate of drug-likeness (QED) is 0.769. The minimum atomic E-state index is -1.49. The summed E-state index contributed by atoms with van der Waals surface area (Å²) in [4.78, 5) is 21.3. The van der Waals surface area contributed by atoms with Crippen molar-refractivity contribution in [2.45, 2.75) is 20.4 Å². The third-order valence-electron chi connectivity index (χ3n) is 2.42. The van der Waals surface area contributed by atoms with Crippen molar-refractivity contribution in [1.82, 2.24) is 5.32 Å². The Morgan fingerprint density at radius 1 is 1.35 bits per heavy atom. The lowest BCUT2D eigenvalue weighted by molar-refractivity contribution is -0.150. The van der Waals surface area contributed by atoms with Crippen LogP contribution in [0, 0.1) is 13.8 Å². The molecule has 0 heterocycles. The van der Waals surface area contributed by atoms with Crippen LogP contribution in [0.4, 0.5) is 0 Å². The highest BCUT2D eigenvalue weighted by Gasteiger charge is 2.13. The van der Waals surface area contributed by atoms with E-state index in [1.165, 1.54) is 7.11 Å². The third kappa shape index (κ3) is 3.21. The number of rotatable bonds is 3. The number of nitrogens with one attached hydrogen (secondary N) is 1. The number of aliphatic carboxylic acids is 1. The molecule has 0 aromatic heterocycles. The Morgan fingerprint density at radius 2 is 2.00 bits per heavy atom. The van der Waals surface area contributed by atoms with Crippen LogP contribution >= 0.6 is 0 Å². The second-order valence-electron chi connectivity index (χ2n) is 3.75. The van der Waals surface area contributed by atoms with E-state index in [0.717, 1.165) is 16.7 Å². The normalized spacial score (nSPS) is 9.82. The lowest BCUT2D eigenvalue weighted by Crippen LogP contribution is -2.30. The van der Waals surface area contributed by atoms with Crippen LogP contribution in [0.15, 0.2) is 12.1 Å². The molecule has 0 radical (unpaired) electrons. The van der Waals surface area contributed by atoms with E-state index in [1.54, 1.807) is 0 Å². The van der Waals surface area contributed by atoms with Gasteiger partial charge in [0.25, 0.3) is 0 Å². The molecule has 5 nitrogen and oxygen atoms in total. The predicted octanol–water partition coefficient (Wildman–Crippen LogP) is 1.01. The maximum Gasteiger partial charge on any atom is 0.394 e. The van der Waals surface area contributed by atoms with Crippen molar-refractivity contribution in [2.75, 3.05) is 7.11 Å². The molecule has 0 saturated carbocycles. The molecule has 1 aromatic rings. The molecule has 5 heteroatoms. The van der Waals surface area contributed by atoms with Crippen LogP contribution < -0.4 is 10.1 Å². The first-order valence-corrected chi connectivity index (χ1v) is 5.11. The molecule has 17 heavy (non-hydrogen) atoms. The maximum absolute atomic E-state index is 10.9. The molecule has 0 aliphatic carbocycles. The van der Waals surface area contributed by atoms with Gasteiger partial charge in [0.2, 0.25) is 0 Å². The summed E-state index contributed by atoms with van der Waals surface area (Å²) in [6.45, 7) is 3.97. The second-order valence-corrected chi connectivity index (χ2v) is 3.75.